The van der Waals surface area contributed by atoms with Gasteiger partial charge in [-0.2, -0.15) is 0 Å². The summed E-state index contributed by atoms with van der Waals surface area (Å²) in [6, 6.07) is 0.268. The number of carbonyl (C=O) groups is 2. The summed E-state index contributed by atoms with van der Waals surface area (Å²) in [6.07, 6.45) is 1.40. The first-order chi connectivity index (χ1) is 8.86. The monoisotopic (exact) mass is 272 g/mol. The number of hydrogen-bond donors (Lipinski definition) is 2. The third-order valence-electron chi connectivity index (χ3n) is 3.43. The molecule has 1 heterocycles. The van der Waals surface area contributed by atoms with Gasteiger partial charge in [-0.25, -0.2) is 4.79 Å². The summed E-state index contributed by atoms with van der Waals surface area (Å²) in [5, 5.41) is 12.3. The minimum Gasteiger partial charge on any atom is -0.481 e. The molecule has 0 spiro atoms. The molecule has 0 aromatic carbocycles. The lowest BCUT2D eigenvalue weighted by Gasteiger charge is -2.33. The normalized spacial score (nSPS) is 17.3. The van der Waals surface area contributed by atoms with Crippen molar-refractivity contribution in [3.8, 4) is 0 Å². The van der Waals surface area contributed by atoms with E-state index in [1.54, 1.807) is 25.7 Å². The zero-order chi connectivity index (χ0) is 14.5. The van der Waals surface area contributed by atoms with Crippen LogP contribution < -0.4 is 5.32 Å². The van der Waals surface area contributed by atoms with Crippen LogP contribution in [0.25, 0.3) is 0 Å². The van der Waals surface area contributed by atoms with Gasteiger partial charge < -0.3 is 20.1 Å². The second-order valence-electron chi connectivity index (χ2n) is 5.53. The molecule has 6 nitrogen and oxygen atoms in total. The molecule has 0 aromatic rings. The topological polar surface area (TPSA) is 78.9 Å². The van der Waals surface area contributed by atoms with E-state index in [1.807, 2.05) is 0 Å². The van der Waals surface area contributed by atoms with Crippen molar-refractivity contribution in [3.05, 3.63) is 0 Å². The Kier molecular flexibility index (Phi) is 5.60. The predicted molar refractivity (Wildman–Crippen MR) is 71.0 cm³/mol. The van der Waals surface area contributed by atoms with Crippen LogP contribution in [0.3, 0.4) is 0 Å². The van der Waals surface area contributed by atoms with Gasteiger partial charge in [0.15, 0.2) is 0 Å². The molecule has 0 aromatic heterocycles. The minimum absolute atomic E-state index is 0.258. The molecule has 2 N–H and O–H groups in total. The summed E-state index contributed by atoms with van der Waals surface area (Å²) in [6.45, 7) is 7.34. The van der Waals surface area contributed by atoms with Crippen LogP contribution in [0.1, 0.15) is 33.6 Å². The molecular formula is C13H24N2O4. The van der Waals surface area contributed by atoms with Crippen LogP contribution in [0.4, 0.5) is 4.79 Å². The third kappa shape index (κ3) is 4.70. The number of ether oxygens (including phenoxy) is 1. The second-order valence-corrected chi connectivity index (χ2v) is 5.53. The van der Waals surface area contributed by atoms with Gasteiger partial charge in [-0.3, -0.25) is 4.79 Å². The van der Waals surface area contributed by atoms with E-state index in [2.05, 4.69) is 5.32 Å². The predicted octanol–water partition coefficient (Wildman–Crippen LogP) is 1.31. The van der Waals surface area contributed by atoms with Gasteiger partial charge in [-0.05, 0) is 33.6 Å². The molecule has 0 bridgehead atoms. The molecule has 1 rings (SSSR count). The summed E-state index contributed by atoms with van der Waals surface area (Å²) < 4.78 is 4.95. The van der Waals surface area contributed by atoms with E-state index in [9.17, 15) is 9.59 Å². The number of carboxylic acid groups (broad SMARTS) is 1. The Balaban J connectivity index is 2.31. The number of amides is 1. The van der Waals surface area contributed by atoms with Gasteiger partial charge >= 0.3 is 12.1 Å². The Morgan fingerprint density at radius 1 is 1.37 bits per heavy atom. The van der Waals surface area contributed by atoms with Crippen LogP contribution in [0.15, 0.2) is 0 Å². The number of carboxylic acids is 1. The van der Waals surface area contributed by atoms with Crippen LogP contribution in [0.2, 0.25) is 0 Å². The lowest BCUT2D eigenvalue weighted by atomic mass is 9.93. The third-order valence-corrected chi connectivity index (χ3v) is 3.43. The number of aliphatic carboxylic acids is 1. The van der Waals surface area contributed by atoms with Crippen LogP contribution in [0.5, 0.6) is 0 Å². The average Bonchev–Trinajstić information content (AvgIpc) is 2.37. The fourth-order valence-corrected chi connectivity index (χ4v) is 1.96. The highest BCUT2D eigenvalue weighted by molar-refractivity contribution is 5.73. The molecule has 0 unspecified atom stereocenters. The van der Waals surface area contributed by atoms with E-state index in [0.29, 0.717) is 26.2 Å². The average molecular weight is 272 g/mol. The number of piperidine rings is 1. The first-order valence-corrected chi connectivity index (χ1v) is 6.75. The van der Waals surface area contributed by atoms with Gasteiger partial charge in [-0.15, -0.1) is 0 Å². The van der Waals surface area contributed by atoms with Crippen LogP contribution in [0, 0.1) is 5.41 Å². The molecule has 0 aliphatic carbocycles. The van der Waals surface area contributed by atoms with Crippen molar-refractivity contribution in [2.75, 3.05) is 26.2 Å². The van der Waals surface area contributed by atoms with Gasteiger partial charge in [0.05, 0.1) is 12.0 Å². The summed E-state index contributed by atoms with van der Waals surface area (Å²) in [5.74, 6) is -0.802. The SMILES string of the molecule is CCOC(=O)N1CCC(NCC(C)(C)C(=O)O)CC1. The van der Waals surface area contributed by atoms with E-state index >= 15 is 0 Å². The quantitative estimate of drug-likeness (QED) is 0.789. The van der Waals surface area contributed by atoms with E-state index in [4.69, 9.17) is 9.84 Å². The Morgan fingerprint density at radius 3 is 2.42 bits per heavy atom. The highest BCUT2D eigenvalue weighted by atomic mass is 16.6. The van der Waals surface area contributed by atoms with Gasteiger partial charge in [-0.1, -0.05) is 0 Å². The Morgan fingerprint density at radius 2 is 1.95 bits per heavy atom. The largest absolute Gasteiger partial charge is 0.481 e. The number of nitrogens with zero attached hydrogens (tertiary/aromatic N) is 1. The van der Waals surface area contributed by atoms with E-state index in [-0.39, 0.29) is 12.1 Å². The maximum atomic E-state index is 11.5. The van der Waals surface area contributed by atoms with Crippen molar-refractivity contribution in [2.45, 2.75) is 39.7 Å². The fourth-order valence-electron chi connectivity index (χ4n) is 1.96. The molecule has 0 radical (unpaired) electrons. The molecular weight excluding hydrogens is 248 g/mol. The molecule has 1 aliphatic heterocycles. The lowest BCUT2D eigenvalue weighted by Crippen LogP contribution is -2.48. The maximum absolute atomic E-state index is 11.5. The van der Waals surface area contributed by atoms with Gasteiger partial charge in [0.2, 0.25) is 0 Å². The molecule has 110 valence electrons. The molecule has 1 amide bonds. The van der Waals surface area contributed by atoms with Crippen LogP contribution >= 0.6 is 0 Å². The van der Waals surface area contributed by atoms with Crippen LogP contribution in [-0.2, 0) is 9.53 Å². The Labute approximate surface area is 114 Å². The number of carbonyl (C=O) groups excluding carboxylic acids is 1. The molecule has 6 heteroatoms. The Hall–Kier alpha value is -1.30. The van der Waals surface area contributed by atoms with Crippen molar-refractivity contribution < 1.29 is 19.4 Å². The first-order valence-electron chi connectivity index (χ1n) is 6.75. The summed E-state index contributed by atoms with van der Waals surface area (Å²) in [4.78, 5) is 24.2. The molecule has 0 atom stereocenters. The lowest BCUT2D eigenvalue weighted by molar-refractivity contribution is -0.146. The van der Waals surface area contributed by atoms with Crippen molar-refractivity contribution in [2.24, 2.45) is 5.41 Å². The molecule has 0 saturated carbocycles. The van der Waals surface area contributed by atoms with Crippen molar-refractivity contribution in [1.82, 2.24) is 10.2 Å². The molecule has 19 heavy (non-hydrogen) atoms. The molecule has 1 aliphatic rings. The Bertz CT molecular complexity index is 323. The van der Waals surface area contributed by atoms with E-state index < -0.39 is 11.4 Å². The highest BCUT2D eigenvalue weighted by Crippen LogP contribution is 2.16. The smallest absolute Gasteiger partial charge is 0.409 e. The van der Waals surface area contributed by atoms with Crippen LogP contribution in [-0.4, -0.2) is 54.4 Å². The number of rotatable bonds is 5. The minimum atomic E-state index is -0.802. The number of hydrogen-bond acceptors (Lipinski definition) is 4. The molecule has 1 saturated heterocycles. The zero-order valence-electron chi connectivity index (χ0n) is 11.9. The zero-order valence-corrected chi connectivity index (χ0v) is 11.9. The van der Waals surface area contributed by atoms with Gasteiger partial charge in [0, 0.05) is 25.7 Å². The fraction of sp³-hybridized carbons (Fsp3) is 0.846. The number of likely N-dealkylation sites (tertiary alicyclic amines) is 1. The maximum Gasteiger partial charge on any atom is 0.409 e. The summed E-state index contributed by atoms with van der Waals surface area (Å²) >= 11 is 0. The van der Waals surface area contributed by atoms with Gasteiger partial charge in [0.25, 0.3) is 0 Å². The highest BCUT2D eigenvalue weighted by Gasteiger charge is 2.29. The van der Waals surface area contributed by atoms with Crippen molar-refractivity contribution in [3.63, 3.8) is 0 Å². The van der Waals surface area contributed by atoms with Gasteiger partial charge in [0.1, 0.15) is 0 Å². The summed E-state index contributed by atoms with van der Waals surface area (Å²) in [7, 11) is 0. The standard InChI is InChI=1S/C13H24N2O4/c1-4-19-12(18)15-7-5-10(6-8-15)14-9-13(2,3)11(16)17/h10,14H,4-9H2,1-3H3,(H,16,17). The van der Waals surface area contributed by atoms with E-state index in [0.717, 1.165) is 12.8 Å². The number of nitrogens with one attached hydrogen (secondary N) is 1. The van der Waals surface area contributed by atoms with Crippen molar-refractivity contribution in [1.29, 1.82) is 0 Å². The van der Waals surface area contributed by atoms with Crippen molar-refractivity contribution >= 4 is 12.1 Å². The summed E-state index contributed by atoms with van der Waals surface area (Å²) in [5.41, 5.74) is -0.766. The van der Waals surface area contributed by atoms with E-state index in [1.165, 1.54) is 0 Å². The first kappa shape index (κ1) is 15.8. The molecule has 1 fully saturated rings. The second kappa shape index (κ2) is 6.75.